The molecule has 118 valence electrons. The second kappa shape index (κ2) is 7.39. The highest BCUT2D eigenvalue weighted by atomic mass is 15.3. The van der Waals surface area contributed by atoms with E-state index >= 15 is 0 Å². The number of hydrogen-bond acceptors (Lipinski definition) is 3. The van der Waals surface area contributed by atoms with Gasteiger partial charge in [0.15, 0.2) is 0 Å². The van der Waals surface area contributed by atoms with Gasteiger partial charge in [0, 0.05) is 39.3 Å². The van der Waals surface area contributed by atoms with Crippen LogP contribution < -0.4 is 5.73 Å². The Labute approximate surface area is 130 Å². The number of piperazine rings is 1. The zero-order valence-electron chi connectivity index (χ0n) is 14.2. The van der Waals surface area contributed by atoms with Crippen molar-refractivity contribution in [1.82, 2.24) is 9.80 Å². The molecule has 0 saturated carbocycles. The Balaban J connectivity index is 1.89. The van der Waals surface area contributed by atoms with Crippen molar-refractivity contribution in [2.24, 2.45) is 11.7 Å². The van der Waals surface area contributed by atoms with Gasteiger partial charge < -0.3 is 10.6 Å². The molecule has 0 aromatic heterocycles. The number of hydrogen-bond donors (Lipinski definition) is 1. The van der Waals surface area contributed by atoms with Crippen LogP contribution in [-0.2, 0) is 6.54 Å². The summed E-state index contributed by atoms with van der Waals surface area (Å²) in [6, 6.07) is 4.61. The average molecular weight is 289 g/mol. The standard InChI is InChI=1S/C18H31N3/c1-14-9-16(3)18(17(4)10-14)13-21-7-5-20(6-8-21)12-15(2)11-19/h9-10,15H,5-8,11-13,19H2,1-4H3. The summed E-state index contributed by atoms with van der Waals surface area (Å²) < 4.78 is 0. The summed E-state index contributed by atoms with van der Waals surface area (Å²) in [6.45, 7) is 16.6. The molecule has 0 radical (unpaired) electrons. The summed E-state index contributed by atoms with van der Waals surface area (Å²) in [5, 5.41) is 0. The zero-order chi connectivity index (χ0) is 15.4. The van der Waals surface area contributed by atoms with E-state index in [1.54, 1.807) is 0 Å². The van der Waals surface area contributed by atoms with Crippen molar-refractivity contribution in [2.45, 2.75) is 34.2 Å². The number of rotatable bonds is 5. The Hall–Kier alpha value is -0.900. The molecule has 0 bridgehead atoms. The van der Waals surface area contributed by atoms with Gasteiger partial charge in [-0.15, -0.1) is 0 Å². The number of nitrogens with zero attached hydrogens (tertiary/aromatic N) is 2. The molecule has 1 aromatic carbocycles. The summed E-state index contributed by atoms with van der Waals surface area (Å²) in [4.78, 5) is 5.15. The molecule has 2 rings (SSSR count). The Morgan fingerprint density at radius 1 is 1.00 bits per heavy atom. The summed E-state index contributed by atoms with van der Waals surface area (Å²) >= 11 is 0. The fourth-order valence-corrected chi connectivity index (χ4v) is 3.33. The minimum absolute atomic E-state index is 0.609. The first-order valence-corrected chi connectivity index (χ1v) is 8.21. The summed E-state index contributed by atoms with van der Waals surface area (Å²) in [6.07, 6.45) is 0. The second-order valence-electron chi connectivity index (χ2n) is 6.79. The van der Waals surface area contributed by atoms with E-state index < -0.39 is 0 Å². The Bertz CT molecular complexity index is 439. The molecular weight excluding hydrogens is 258 g/mol. The highest BCUT2D eigenvalue weighted by Crippen LogP contribution is 2.19. The third-order valence-electron chi connectivity index (χ3n) is 4.66. The molecule has 3 nitrogen and oxygen atoms in total. The molecule has 1 fully saturated rings. The van der Waals surface area contributed by atoms with Crippen LogP contribution in [0, 0.1) is 26.7 Å². The first kappa shape index (κ1) is 16.5. The quantitative estimate of drug-likeness (QED) is 0.903. The van der Waals surface area contributed by atoms with Crippen LogP contribution >= 0.6 is 0 Å². The van der Waals surface area contributed by atoms with Crippen LogP contribution in [0.5, 0.6) is 0 Å². The van der Waals surface area contributed by atoms with Crippen LogP contribution in [0.15, 0.2) is 12.1 Å². The summed E-state index contributed by atoms with van der Waals surface area (Å²) in [7, 11) is 0. The molecular formula is C18H31N3. The van der Waals surface area contributed by atoms with Crippen LogP contribution in [0.3, 0.4) is 0 Å². The molecule has 2 N–H and O–H groups in total. The fourth-order valence-electron chi connectivity index (χ4n) is 3.33. The average Bonchev–Trinajstić information content (AvgIpc) is 2.44. The van der Waals surface area contributed by atoms with Crippen molar-refractivity contribution in [3.63, 3.8) is 0 Å². The van der Waals surface area contributed by atoms with E-state index in [0.717, 1.165) is 19.6 Å². The minimum atomic E-state index is 0.609. The van der Waals surface area contributed by atoms with Crippen LogP contribution in [0.1, 0.15) is 29.2 Å². The lowest BCUT2D eigenvalue weighted by Crippen LogP contribution is -2.47. The molecule has 21 heavy (non-hydrogen) atoms. The van der Waals surface area contributed by atoms with E-state index in [9.17, 15) is 0 Å². The lowest BCUT2D eigenvalue weighted by Gasteiger charge is -2.36. The predicted molar refractivity (Wildman–Crippen MR) is 90.6 cm³/mol. The van der Waals surface area contributed by atoms with Gasteiger partial charge in [0.25, 0.3) is 0 Å². The molecule has 0 spiro atoms. The Morgan fingerprint density at radius 2 is 1.52 bits per heavy atom. The van der Waals surface area contributed by atoms with Gasteiger partial charge in [0.2, 0.25) is 0 Å². The van der Waals surface area contributed by atoms with Crippen LogP contribution in [0.25, 0.3) is 0 Å². The number of aryl methyl sites for hydroxylation is 3. The second-order valence-corrected chi connectivity index (χ2v) is 6.79. The van der Waals surface area contributed by atoms with Crippen LogP contribution in [0.4, 0.5) is 0 Å². The smallest absolute Gasteiger partial charge is 0.0240 e. The molecule has 1 aromatic rings. The van der Waals surface area contributed by atoms with E-state index in [0.29, 0.717) is 5.92 Å². The van der Waals surface area contributed by atoms with Gasteiger partial charge in [-0.1, -0.05) is 24.6 Å². The third kappa shape index (κ3) is 4.53. The van der Waals surface area contributed by atoms with Gasteiger partial charge >= 0.3 is 0 Å². The van der Waals surface area contributed by atoms with Gasteiger partial charge in [0.1, 0.15) is 0 Å². The molecule has 3 heteroatoms. The van der Waals surface area contributed by atoms with Crippen molar-refractivity contribution >= 4 is 0 Å². The topological polar surface area (TPSA) is 32.5 Å². The third-order valence-corrected chi connectivity index (χ3v) is 4.66. The number of benzene rings is 1. The Morgan fingerprint density at radius 3 is 2.05 bits per heavy atom. The van der Waals surface area contributed by atoms with Crippen molar-refractivity contribution < 1.29 is 0 Å². The molecule has 1 saturated heterocycles. The van der Waals surface area contributed by atoms with E-state index in [2.05, 4.69) is 49.6 Å². The monoisotopic (exact) mass is 289 g/mol. The highest BCUT2D eigenvalue weighted by Gasteiger charge is 2.19. The van der Waals surface area contributed by atoms with Gasteiger partial charge in [-0.3, -0.25) is 4.90 Å². The van der Waals surface area contributed by atoms with Crippen molar-refractivity contribution in [1.29, 1.82) is 0 Å². The number of nitrogens with two attached hydrogens (primary N) is 1. The maximum absolute atomic E-state index is 5.73. The fraction of sp³-hybridized carbons (Fsp3) is 0.667. The van der Waals surface area contributed by atoms with Crippen LogP contribution in [0.2, 0.25) is 0 Å². The summed E-state index contributed by atoms with van der Waals surface area (Å²) in [5.41, 5.74) is 11.5. The lowest BCUT2D eigenvalue weighted by molar-refractivity contribution is 0.116. The highest BCUT2D eigenvalue weighted by molar-refractivity contribution is 5.37. The van der Waals surface area contributed by atoms with E-state index in [1.165, 1.54) is 48.4 Å². The SMILES string of the molecule is Cc1cc(C)c(CN2CCN(CC(C)CN)CC2)c(C)c1. The van der Waals surface area contributed by atoms with Gasteiger partial charge in [-0.05, 0) is 49.9 Å². The molecule has 1 heterocycles. The van der Waals surface area contributed by atoms with E-state index in [4.69, 9.17) is 5.73 Å². The molecule has 1 atom stereocenters. The zero-order valence-corrected chi connectivity index (χ0v) is 14.2. The van der Waals surface area contributed by atoms with Crippen molar-refractivity contribution in [2.75, 3.05) is 39.3 Å². The van der Waals surface area contributed by atoms with Crippen molar-refractivity contribution in [3.05, 3.63) is 34.4 Å². The maximum Gasteiger partial charge on any atom is 0.0240 e. The van der Waals surface area contributed by atoms with Crippen molar-refractivity contribution in [3.8, 4) is 0 Å². The summed E-state index contributed by atoms with van der Waals surface area (Å²) in [5.74, 6) is 0.609. The lowest BCUT2D eigenvalue weighted by atomic mass is 9.99. The van der Waals surface area contributed by atoms with Gasteiger partial charge in [-0.2, -0.15) is 0 Å². The minimum Gasteiger partial charge on any atom is -0.330 e. The maximum atomic E-state index is 5.73. The first-order chi connectivity index (χ1) is 9.99. The van der Waals surface area contributed by atoms with E-state index in [1.807, 2.05) is 0 Å². The van der Waals surface area contributed by atoms with Gasteiger partial charge in [-0.25, -0.2) is 0 Å². The van der Waals surface area contributed by atoms with E-state index in [-0.39, 0.29) is 0 Å². The molecule has 1 unspecified atom stereocenters. The molecule has 0 amide bonds. The predicted octanol–water partition coefficient (Wildman–Crippen LogP) is 2.32. The Kier molecular flexibility index (Phi) is 5.80. The molecule has 1 aliphatic heterocycles. The largest absolute Gasteiger partial charge is 0.330 e. The van der Waals surface area contributed by atoms with Crippen LogP contribution in [-0.4, -0.2) is 49.1 Å². The normalized spacial score (nSPS) is 18.9. The molecule has 0 aliphatic carbocycles. The first-order valence-electron chi connectivity index (χ1n) is 8.21. The molecule has 1 aliphatic rings. The van der Waals surface area contributed by atoms with Gasteiger partial charge in [0.05, 0.1) is 0 Å².